The van der Waals surface area contributed by atoms with Crippen LogP contribution in [0.5, 0.6) is 0 Å². The molecule has 1 heterocycles. The van der Waals surface area contributed by atoms with Crippen LogP contribution in [0.4, 0.5) is 22.7 Å². The molecule has 0 aromatic heterocycles. The Morgan fingerprint density at radius 2 is 1.75 bits per heavy atom. The van der Waals surface area contributed by atoms with Gasteiger partial charge in [0.2, 0.25) is 5.69 Å². The van der Waals surface area contributed by atoms with Crippen LogP contribution in [0.3, 0.4) is 0 Å². The molecule has 0 bridgehead atoms. The fraction of sp³-hybridized carbons (Fsp3) is 0.300. The van der Waals surface area contributed by atoms with Crippen LogP contribution in [0.25, 0.3) is 4.85 Å². The largest absolute Gasteiger partial charge is 0.353 e. The van der Waals surface area contributed by atoms with Crippen molar-refractivity contribution in [3.63, 3.8) is 0 Å². The average molecular weight is 316 g/mol. The molecule has 120 valence electrons. The van der Waals surface area contributed by atoms with Gasteiger partial charge in [-0.15, -0.1) is 0 Å². The predicted molar refractivity (Wildman–Crippen MR) is 98.1 cm³/mol. The highest BCUT2D eigenvalue weighted by Gasteiger charge is 2.36. The zero-order valence-electron chi connectivity index (χ0n) is 14.7. The van der Waals surface area contributed by atoms with Crippen molar-refractivity contribution in [1.29, 1.82) is 5.26 Å². The summed E-state index contributed by atoms with van der Waals surface area (Å²) >= 11 is 0. The van der Waals surface area contributed by atoms with Gasteiger partial charge in [0, 0.05) is 12.7 Å². The van der Waals surface area contributed by atoms with Gasteiger partial charge in [-0.3, -0.25) is 0 Å². The van der Waals surface area contributed by atoms with Crippen molar-refractivity contribution < 1.29 is 0 Å². The lowest BCUT2D eigenvalue weighted by molar-refractivity contribution is 0.732. The molecule has 4 nitrogen and oxygen atoms in total. The number of rotatable bonds is 1. The molecule has 0 unspecified atom stereocenters. The van der Waals surface area contributed by atoms with Gasteiger partial charge in [-0.05, 0) is 50.5 Å². The molecule has 2 aromatic carbocycles. The van der Waals surface area contributed by atoms with Crippen LogP contribution >= 0.6 is 0 Å². The van der Waals surface area contributed by atoms with Crippen molar-refractivity contribution in [3.05, 3.63) is 57.9 Å². The number of hydrogen-bond donors (Lipinski definition) is 0. The number of benzene rings is 2. The molecule has 0 radical (unpaired) electrons. The lowest BCUT2D eigenvalue weighted by atomic mass is 10.0. The van der Waals surface area contributed by atoms with Crippen LogP contribution in [-0.2, 0) is 0 Å². The Hall–Kier alpha value is -2.98. The van der Waals surface area contributed by atoms with Crippen LogP contribution in [0.1, 0.15) is 29.2 Å². The van der Waals surface area contributed by atoms with Gasteiger partial charge in [-0.2, -0.15) is 5.26 Å². The van der Waals surface area contributed by atoms with Gasteiger partial charge >= 0.3 is 0 Å². The second kappa shape index (κ2) is 5.58. The molecule has 1 atom stereocenters. The molecule has 24 heavy (non-hydrogen) atoms. The molecular formula is C20H20N4. The molecule has 2 aromatic rings. The third-order valence-corrected chi connectivity index (χ3v) is 4.97. The van der Waals surface area contributed by atoms with Gasteiger partial charge in [0.05, 0.1) is 23.5 Å². The Bertz CT molecular complexity index is 915. The number of hydrogen-bond acceptors (Lipinski definition) is 3. The summed E-state index contributed by atoms with van der Waals surface area (Å²) in [5.74, 6) is 0. The summed E-state index contributed by atoms with van der Waals surface area (Å²) in [6.45, 7) is 16.0. The fourth-order valence-corrected chi connectivity index (χ4v) is 3.42. The lowest BCUT2D eigenvalue weighted by Crippen LogP contribution is -2.36. The molecule has 0 spiro atoms. The zero-order chi connectivity index (χ0) is 17.6. The van der Waals surface area contributed by atoms with Gasteiger partial charge in [-0.1, -0.05) is 18.2 Å². The molecule has 1 aliphatic rings. The van der Waals surface area contributed by atoms with Crippen LogP contribution in [0.15, 0.2) is 24.3 Å². The molecule has 0 saturated heterocycles. The highest BCUT2D eigenvalue weighted by atomic mass is 15.4. The van der Waals surface area contributed by atoms with Crippen molar-refractivity contribution in [2.24, 2.45) is 0 Å². The van der Waals surface area contributed by atoms with E-state index in [1.807, 2.05) is 7.05 Å². The Morgan fingerprint density at radius 3 is 2.38 bits per heavy atom. The molecule has 0 saturated carbocycles. The number of anilines is 3. The highest BCUT2D eigenvalue weighted by molar-refractivity contribution is 5.96. The van der Waals surface area contributed by atoms with Crippen LogP contribution < -0.4 is 9.80 Å². The van der Waals surface area contributed by atoms with E-state index < -0.39 is 0 Å². The van der Waals surface area contributed by atoms with Crippen molar-refractivity contribution in [1.82, 2.24) is 0 Å². The van der Waals surface area contributed by atoms with Gasteiger partial charge in [-0.25, -0.2) is 4.85 Å². The molecular weight excluding hydrogens is 296 g/mol. The standard InChI is InChI=1S/C20H20N4/c1-12-9-14(3)18(10-13(12)2)24-15(4)23(6)19-16(11-21)7-8-17(22-5)20(19)24/h7-10,15H,1-4,6H3/t15-/m0/s1. The smallest absolute Gasteiger partial charge is 0.212 e. The topological polar surface area (TPSA) is 34.6 Å². The Morgan fingerprint density at radius 1 is 1.08 bits per heavy atom. The van der Waals surface area contributed by atoms with Crippen molar-refractivity contribution >= 4 is 22.7 Å². The van der Waals surface area contributed by atoms with Gasteiger partial charge in [0.15, 0.2) is 0 Å². The van der Waals surface area contributed by atoms with Gasteiger partial charge < -0.3 is 9.80 Å². The minimum absolute atomic E-state index is 0.0378. The first-order chi connectivity index (χ1) is 11.4. The SMILES string of the molecule is [C-]#[N+]c1ccc(C#N)c2c1N(c1cc(C)c(C)cc1C)[C@@H](C)N2C. The normalized spacial score (nSPS) is 15.9. The quantitative estimate of drug-likeness (QED) is 0.697. The highest BCUT2D eigenvalue weighted by Crippen LogP contribution is 2.51. The van der Waals surface area contributed by atoms with Crippen LogP contribution in [0.2, 0.25) is 0 Å². The maximum atomic E-state index is 9.49. The van der Waals surface area contributed by atoms with E-state index in [1.54, 1.807) is 12.1 Å². The average Bonchev–Trinajstić information content (AvgIpc) is 2.82. The molecule has 3 rings (SSSR count). The van der Waals surface area contributed by atoms with Crippen molar-refractivity contribution in [2.75, 3.05) is 16.8 Å². The Balaban J connectivity index is 2.33. The number of nitriles is 1. The predicted octanol–water partition coefficient (Wildman–Crippen LogP) is 4.97. The van der Waals surface area contributed by atoms with Gasteiger partial charge in [0.1, 0.15) is 12.2 Å². The summed E-state index contributed by atoms with van der Waals surface area (Å²) < 4.78 is 0. The monoisotopic (exact) mass is 316 g/mol. The number of fused-ring (bicyclic) bond motifs is 1. The fourth-order valence-electron chi connectivity index (χ4n) is 3.42. The second-order valence-electron chi connectivity index (χ2n) is 6.39. The molecule has 1 aliphatic heterocycles. The zero-order valence-corrected chi connectivity index (χ0v) is 14.7. The minimum Gasteiger partial charge on any atom is -0.353 e. The Kier molecular flexibility index (Phi) is 3.70. The van der Waals surface area contributed by atoms with E-state index in [1.165, 1.54) is 16.7 Å². The molecule has 0 aliphatic carbocycles. The summed E-state index contributed by atoms with van der Waals surface area (Å²) in [4.78, 5) is 7.97. The summed E-state index contributed by atoms with van der Waals surface area (Å²) in [6, 6.07) is 10.1. The van der Waals surface area contributed by atoms with Crippen LogP contribution in [0, 0.1) is 38.7 Å². The molecule has 0 N–H and O–H groups in total. The van der Waals surface area contributed by atoms with Gasteiger partial charge in [0.25, 0.3) is 0 Å². The van der Waals surface area contributed by atoms with Crippen molar-refractivity contribution in [3.8, 4) is 6.07 Å². The van der Waals surface area contributed by atoms with Crippen LogP contribution in [-0.4, -0.2) is 13.2 Å². The van der Waals surface area contributed by atoms with E-state index in [0.29, 0.717) is 11.3 Å². The summed E-state index contributed by atoms with van der Waals surface area (Å²) in [6.07, 6.45) is 0.0378. The molecule has 4 heteroatoms. The van der Waals surface area contributed by atoms with E-state index in [4.69, 9.17) is 6.57 Å². The second-order valence-corrected chi connectivity index (χ2v) is 6.39. The third-order valence-electron chi connectivity index (χ3n) is 4.97. The maximum Gasteiger partial charge on any atom is 0.212 e. The molecule has 0 amide bonds. The molecule has 0 fully saturated rings. The first-order valence-electron chi connectivity index (χ1n) is 7.95. The van der Waals surface area contributed by atoms with E-state index in [2.05, 4.69) is 60.5 Å². The maximum absolute atomic E-state index is 9.49. The number of aryl methyl sites for hydroxylation is 3. The van der Waals surface area contributed by atoms with E-state index in [9.17, 15) is 5.26 Å². The lowest BCUT2D eigenvalue weighted by Gasteiger charge is -2.30. The minimum atomic E-state index is 0.0378. The first kappa shape index (κ1) is 15.9. The van der Waals surface area contributed by atoms with Crippen molar-refractivity contribution in [2.45, 2.75) is 33.9 Å². The van der Waals surface area contributed by atoms with E-state index >= 15 is 0 Å². The Labute approximate surface area is 143 Å². The summed E-state index contributed by atoms with van der Waals surface area (Å²) in [5.41, 5.74) is 7.61. The number of nitrogens with zero attached hydrogens (tertiary/aromatic N) is 4. The van der Waals surface area contributed by atoms with E-state index in [-0.39, 0.29) is 6.17 Å². The first-order valence-corrected chi connectivity index (χ1v) is 7.95. The third kappa shape index (κ3) is 2.12. The van der Waals surface area contributed by atoms with E-state index in [0.717, 1.165) is 17.1 Å². The summed E-state index contributed by atoms with van der Waals surface area (Å²) in [5, 5.41) is 9.49. The summed E-state index contributed by atoms with van der Waals surface area (Å²) in [7, 11) is 1.98.